The summed E-state index contributed by atoms with van der Waals surface area (Å²) < 4.78 is 31.6. The summed E-state index contributed by atoms with van der Waals surface area (Å²) >= 11 is 4.47. The Bertz CT molecular complexity index is 1750. The molecule has 1 aliphatic carbocycles. The van der Waals surface area contributed by atoms with Gasteiger partial charge in [0, 0.05) is 18.3 Å². The van der Waals surface area contributed by atoms with Gasteiger partial charge in [-0.2, -0.15) is 5.10 Å². The van der Waals surface area contributed by atoms with Crippen molar-refractivity contribution in [1.82, 2.24) is 34.5 Å². The lowest BCUT2D eigenvalue weighted by Gasteiger charge is -2.28. The van der Waals surface area contributed by atoms with Gasteiger partial charge < -0.3 is 10.6 Å². The number of hydrogen-bond donors (Lipinski definition) is 1. The average molecular weight is 626 g/mol. The van der Waals surface area contributed by atoms with Crippen LogP contribution in [0.1, 0.15) is 29.6 Å². The van der Waals surface area contributed by atoms with Crippen LogP contribution < -0.4 is 5.73 Å². The van der Waals surface area contributed by atoms with Crippen LogP contribution in [0, 0.1) is 23.5 Å². The predicted octanol–water partition coefficient (Wildman–Crippen LogP) is 5.28. The molecule has 5 heterocycles. The first-order valence-corrected chi connectivity index (χ1v) is 14.6. The van der Waals surface area contributed by atoms with Crippen LogP contribution in [-0.2, 0) is 6.54 Å². The normalized spacial score (nSPS) is 19.1. The molecule has 9 nitrogen and oxygen atoms in total. The van der Waals surface area contributed by atoms with E-state index in [1.165, 1.54) is 0 Å². The number of carbonyl (C=O) groups excluding carboxylic acids is 1. The SMILES string of the molecule is Nc1c(-c2cn(CC3C(C4CC4)CCN3C(=O)c3cnn4c(-c5cccs5)ccnc34)nn2)cc(F)c(Br)c1F. The van der Waals surface area contributed by atoms with E-state index in [-0.39, 0.29) is 33.4 Å². The van der Waals surface area contributed by atoms with Crippen LogP contribution in [0.3, 0.4) is 0 Å². The second-order valence-electron chi connectivity index (χ2n) is 10.2. The van der Waals surface area contributed by atoms with Crippen LogP contribution >= 0.6 is 27.3 Å². The highest BCUT2D eigenvalue weighted by molar-refractivity contribution is 9.10. The molecule has 1 aromatic carbocycles. The van der Waals surface area contributed by atoms with E-state index in [0.29, 0.717) is 36.1 Å². The van der Waals surface area contributed by atoms with E-state index in [9.17, 15) is 13.6 Å². The third-order valence-corrected chi connectivity index (χ3v) is 9.50. The number of nitrogens with zero attached hydrogens (tertiary/aromatic N) is 7. The zero-order valence-corrected chi connectivity index (χ0v) is 23.4. The monoisotopic (exact) mass is 624 g/mol. The van der Waals surface area contributed by atoms with Crippen LogP contribution in [0.25, 0.3) is 27.5 Å². The summed E-state index contributed by atoms with van der Waals surface area (Å²) in [7, 11) is 0. The first-order valence-electron chi connectivity index (χ1n) is 12.9. The lowest BCUT2D eigenvalue weighted by Crippen LogP contribution is -2.41. The summed E-state index contributed by atoms with van der Waals surface area (Å²) in [4.78, 5) is 21.4. The lowest BCUT2D eigenvalue weighted by atomic mass is 9.94. The van der Waals surface area contributed by atoms with Gasteiger partial charge in [-0.3, -0.25) is 4.79 Å². The fourth-order valence-electron chi connectivity index (χ4n) is 5.77. The smallest absolute Gasteiger partial charge is 0.259 e. The highest BCUT2D eigenvalue weighted by atomic mass is 79.9. The number of nitrogen functional groups attached to an aromatic ring is 1. The fourth-order valence-corrected chi connectivity index (χ4v) is 6.83. The van der Waals surface area contributed by atoms with Gasteiger partial charge in [0.15, 0.2) is 11.5 Å². The minimum atomic E-state index is -0.879. The zero-order chi connectivity index (χ0) is 27.5. The number of aromatic nitrogens is 6. The molecular formula is C27H23BrF2N8OS. The molecular weight excluding hydrogens is 602 g/mol. The van der Waals surface area contributed by atoms with Gasteiger partial charge >= 0.3 is 0 Å². The van der Waals surface area contributed by atoms with Crippen LogP contribution in [0.15, 0.2) is 52.7 Å². The van der Waals surface area contributed by atoms with Gasteiger partial charge in [0.05, 0.1) is 45.7 Å². The van der Waals surface area contributed by atoms with Gasteiger partial charge in [-0.05, 0) is 70.6 Å². The van der Waals surface area contributed by atoms with Crippen molar-refractivity contribution in [2.45, 2.75) is 31.8 Å². The topological polar surface area (TPSA) is 107 Å². The molecule has 1 aliphatic heterocycles. The van der Waals surface area contributed by atoms with Crippen LogP contribution in [0.4, 0.5) is 14.5 Å². The molecule has 2 unspecified atom stereocenters. The Labute approximate surface area is 239 Å². The molecule has 0 radical (unpaired) electrons. The minimum Gasteiger partial charge on any atom is -0.396 e. The molecule has 5 aromatic rings. The van der Waals surface area contributed by atoms with Crippen LogP contribution in [-0.4, -0.2) is 53.0 Å². The Morgan fingerprint density at radius 2 is 2.08 bits per heavy atom. The third-order valence-electron chi connectivity index (χ3n) is 7.88. The maximum atomic E-state index is 14.4. The molecule has 2 N–H and O–H groups in total. The van der Waals surface area contributed by atoms with Crippen molar-refractivity contribution < 1.29 is 13.6 Å². The number of thiophene rings is 1. The van der Waals surface area contributed by atoms with Gasteiger partial charge in [0.25, 0.3) is 5.91 Å². The van der Waals surface area contributed by atoms with Crippen molar-refractivity contribution in [3.63, 3.8) is 0 Å². The Hall–Kier alpha value is -3.71. The Morgan fingerprint density at radius 3 is 2.85 bits per heavy atom. The summed E-state index contributed by atoms with van der Waals surface area (Å²) in [5.41, 5.74) is 7.93. The number of rotatable bonds is 6. The lowest BCUT2D eigenvalue weighted by molar-refractivity contribution is 0.0694. The van der Waals surface area contributed by atoms with E-state index in [4.69, 9.17) is 5.73 Å². The molecule has 2 aliphatic rings. The average Bonchev–Trinajstić information content (AvgIpc) is 3.39. The molecule has 40 heavy (non-hydrogen) atoms. The van der Waals surface area contributed by atoms with Crippen molar-refractivity contribution in [2.24, 2.45) is 11.8 Å². The quantitative estimate of drug-likeness (QED) is 0.203. The van der Waals surface area contributed by atoms with E-state index in [1.807, 2.05) is 28.5 Å². The second kappa shape index (κ2) is 9.73. The molecule has 7 rings (SSSR count). The number of anilines is 1. The van der Waals surface area contributed by atoms with Gasteiger partial charge in [-0.25, -0.2) is 23.0 Å². The van der Waals surface area contributed by atoms with Gasteiger partial charge in [0.1, 0.15) is 17.1 Å². The molecule has 13 heteroatoms. The van der Waals surface area contributed by atoms with E-state index >= 15 is 0 Å². The molecule has 1 amide bonds. The van der Waals surface area contributed by atoms with Crippen molar-refractivity contribution >= 4 is 44.5 Å². The summed E-state index contributed by atoms with van der Waals surface area (Å²) in [5.74, 6) is -0.901. The molecule has 1 saturated heterocycles. The Kier molecular flexibility index (Phi) is 6.15. The van der Waals surface area contributed by atoms with Crippen LogP contribution in [0.2, 0.25) is 0 Å². The molecule has 0 bridgehead atoms. The summed E-state index contributed by atoms with van der Waals surface area (Å²) in [6.07, 6.45) is 8.09. The highest BCUT2D eigenvalue weighted by Gasteiger charge is 2.45. The fraction of sp³-hybridized carbons (Fsp3) is 0.296. The number of carbonyl (C=O) groups is 1. The van der Waals surface area contributed by atoms with E-state index in [1.54, 1.807) is 39.1 Å². The third kappa shape index (κ3) is 4.19. The number of likely N-dealkylation sites (tertiary alicyclic amines) is 1. The number of fused-ring (bicyclic) bond motifs is 1. The van der Waals surface area contributed by atoms with E-state index in [0.717, 1.165) is 35.9 Å². The van der Waals surface area contributed by atoms with Crippen molar-refractivity contribution in [2.75, 3.05) is 12.3 Å². The standard InChI is InChI=1S/C27H23BrF2N8OS/c28-23-18(29)10-16(25(31)24(23)30)19-12-36(35-34-19)13-21-15(14-3-4-14)6-8-37(21)27(39)17-11-33-38-20(5-7-32-26(17)38)22-2-1-9-40-22/h1-2,5,7,9-12,14-15,21H,3-4,6,8,13,31H2. The summed E-state index contributed by atoms with van der Waals surface area (Å²) in [6.45, 7) is 1.01. The predicted molar refractivity (Wildman–Crippen MR) is 149 cm³/mol. The van der Waals surface area contributed by atoms with E-state index in [2.05, 4.69) is 36.3 Å². The van der Waals surface area contributed by atoms with Gasteiger partial charge in [-0.15, -0.1) is 16.4 Å². The van der Waals surface area contributed by atoms with Crippen molar-refractivity contribution in [3.8, 4) is 21.8 Å². The number of hydrogen-bond acceptors (Lipinski definition) is 7. The van der Waals surface area contributed by atoms with Crippen LogP contribution in [0.5, 0.6) is 0 Å². The molecule has 204 valence electrons. The number of benzene rings is 1. The summed E-state index contributed by atoms with van der Waals surface area (Å²) in [6, 6.07) is 6.89. The number of amides is 1. The maximum absolute atomic E-state index is 14.4. The Balaban J connectivity index is 1.19. The zero-order valence-electron chi connectivity index (χ0n) is 21.0. The number of nitrogens with two attached hydrogens (primary N) is 1. The molecule has 2 fully saturated rings. The molecule has 1 saturated carbocycles. The minimum absolute atomic E-state index is 0.124. The number of halogens is 3. The summed E-state index contributed by atoms with van der Waals surface area (Å²) in [5, 5.41) is 14.9. The van der Waals surface area contributed by atoms with Gasteiger partial charge in [-0.1, -0.05) is 11.3 Å². The van der Waals surface area contributed by atoms with Crippen molar-refractivity contribution in [3.05, 3.63) is 69.9 Å². The maximum Gasteiger partial charge on any atom is 0.259 e. The largest absolute Gasteiger partial charge is 0.396 e. The second-order valence-corrected chi connectivity index (χ2v) is 12.0. The molecule has 2 atom stereocenters. The molecule has 0 spiro atoms. The van der Waals surface area contributed by atoms with Gasteiger partial charge in [0.2, 0.25) is 0 Å². The molecule has 4 aromatic heterocycles. The van der Waals surface area contributed by atoms with Crippen molar-refractivity contribution in [1.29, 1.82) is 0 Å². The Morgan fingerprint density at radius 1 is 1.23 bits per heavy atom. The van der Waals surface area contributed by atoms with E-state index < -0.39 is 11.6 Å². The first kappa shape index (κ1) is 25.3. The highest BCUT2D eigenvalue weighted by Crippen LogP contribution is 2.45. The first-order chi connectivity index (χ1) is 19.4.